The molecule has 1 N–H and O–H groups in total. The number of alkyl carbamates (subject to hydrolysis) is 1. The number of nitrogens with one attached hydrogen (secondary N) is 1. The van der Waals surface area contributed by atoms with Gasteiger partial charge in [-0.05, 0) is 64.3 Å². The summed E-state index contributed by atoms with van der Waals surface area (Å²) in [7, 11) is 1.54. The summed E-state index contributed by atoms with van der Waals surface area (Å²) in [6.45, 7) is 9.43. The van der Waals surface area contributed by atoms with Gasteiger partial charge in [0.1, 0.15) is 11.4 Å². The van der Waals surface area contributed by atoms with Crippen LogP contribution in [0.25, 0.3) is 0 Å². The molecule has 0 saturated carbocycles. The molecule has 5 heteroatoms. The van der Waals surface area contributed by atoms with Crippen LogP contribution in [0.5, 0.6) is 5.75 Å². The zero-order chi connectivity index (χ0) is 20.6. The van der Waals surface area contributed by atoms with E-state index in [1.54, 1.807) is 0 Å². The van der Waals surface area contributed by atoms with Crippen molar-refractivity contribution >= 4 is 17.5 Å². The highest BCUT2D eigenvalue weighted by Gasteiger charge is 2.14. The smallest absolute Gasteiger partial charge is 0.407 e. The number of anilines is 2. The van der Waals surface area contributed by atoms with Gasteiger partial charge in [0.2, 0.25) is 0 Å². The van der Waals surface area contributed by atoms with Gasteiger partial charge in [-0.15, -0.1) is 0 Å². The van der Waals surface area contributed by atoms with Gasteiger partial charge in [0.05, 0.1) is 6.61 Å². The molecule has 0 radical (unpaired) electrons. The normalized spacial score (nSPS) is 12.6. The quantitative estimate of drug-likeness (QED) is 0.779. The molecule has 5 nitrogen and oxygen atoms in total. The van der Waals surface area contributed by atoms with Crippen molar-refractivity contribution in [2.45, 2.75) is 46.1 Å². The standard InChI is InChI=1S/C17H19NO.C6H13NO2/c1-2-18(15-8-4-3-5-9-15)16-11-10-14-7-6-12-19-17(14)13-16;1-6(2,3)9-5(8)7-4/h3-5,8-11,13H,2,6-7,12H2,1H3;1-4H3,(H,7,8). The number of nitrogens with zero attached hydrogens (tertiary/aromatic N) is 1. The molecule has 28 heavy (non-hydrogen) atoms. The minimum atomic E-state index is -0.389. The predicted octanol–water partition coefficient (Wildman–Crippen LogP) is 5.31. The van der Waals surface area contributed by atoms with Gasteiger partial charge >= 0.3 is 6.09 Å². The second kappa shape index (κ2) is 10.0. The third-order valence-corrected chi connectivity index (χ3v) is 4.20. The van der Waals surface area contributed by atoms with Crippen molar-refractivity contribution in [3.63, 3.8) is 0 Å². The monoisotopic (exact) mass is 384 g/mol. The first-order valence-corrected chi connectivity index (χ1v) is 9.83. The van der Waals surface area contributed by atoms with Crippen LogP contribution in [0.1, 0.15) is 39.7 Å². The van der Waals surface area contributed by atoms with Gasteiger partial charge in [-0.25, -0.2) is 4.79 Å². The summed E-state index contributed by atoms with van der Waals surface area (Å²) < 4.78 is 10.6. The van der Waals surface area contributed by atoms with Crippen LogP contribution in [0.3, 0.4) is 0 Å². The largest absolute Gasteiger partial charge is 0.493 e. The number of aryl methyl sites for hydroxylation is 1. The van der Waals surface area contributed by atoms with Crippen LogP contribution >= 0.6 is 0 Å². The number of benzene rings is 2. The second-order valence-electron chi connectivity index (χ2n) is 7.58. The maximum Gasteiger partial charge on any atom is 0.407 e. The fraction of sp³-hybridized carbons (Fsp3) is 0.435. The van der Waals surface area contributed by atoms with Gasteiger partial charge < -0.3 is 19.7 Å². The topological polar surface area (TPSA) is 50.8 Å². The molecule has 0 fully saturated rings. The van der Waals surface area contributed by atoms with Crippen LogP contribution in [0.4, 0.5) is 16.2 Å². The van der Waals surface area contributed by atoms with E-state index in [0.717, 1.165) is 31.7 Å². The molecule has 1 amide bonds. The summed E-state index contributed by atoms with van der Waals surface area (Å²) in [5.74, 6) is 1.05. The minimum absolute atomic E-state index is 0.387. The van der Waals surface area contributed by atoms with E-state index in [9.17, 15) is 4.79 Å². The summed E-state index contributed by atoms with van der Waals surface area (Å²) in [5.41, 5.74) is 3.37. The van der Waals surface area contributed by atoms with Crippen LogP contribution in [0.2, 0.25) is 0 Å². The summed E-state index contributed by atoms with van der Waals surface area (Å²) >= 11 is 0. The van der Waals surface area contributed by atoms with E-state index in [-0.39, 0.29) is 11.7 Å². The zero-order valence-corrected chi connectivity index (χ0v) is 17.6. The average molecular weight is 385 g/mol. The van der Waals surface area contributed by atoms with E-state index in [1.165, 1.54) is 24.0 Å². The van der Waals surface area contributed by atoms with Gasteiger partial charge in [-0.2, -0.15) is 0 Å². The lowest BCUT2D eigenvalue weighted by Gasteiger charge is -2.25. The van der Waals surface area contributed by atoms with Crippen LogP contribution in [0, 0.1) is 0 Å². The van der Waals surface area contributed by atoms with Crippen LogP contribution in [-0.2, 0) is 11.2 Å². The van der Waals surface area contributed by atoms with Crippen molar-refractivity contribution in [2.75, 3.05) is 25.1 Å². The highest BCUT2D eigenvalue weighted by Crippen LogP contribution is 2.32. The maximum absolute atomic E-state index is 10.5. The van der Waals surface area contributed by atoms with Crippen molar-refractivity contribution in [1.29, 1.82) is 0 Å². The Hall–Kier alpha value is -2.69. The highest BCUT2D eigenvalue weighted by molar-refractivity contribution is 5.67. The van der Waals surface area contributed by atoms with Gasteiger partial charge in [-0.1, -0.05) is 24.3 Å². The Morgan fingerprint density at radius 2 is 1.86 bits per heavy atom. The number of rotatable bonds is 3. The number of para-hydroxylation sites is 1. The van der Waals surface area contributed by atoms with E-state index in [1.807, 2.05) is 26.8 Å². The van der Waals surface area contributed by atoms with Crippen molar-refractivity contribution < 1.29 is 14.3 Å². The molecule has 1 aliphatic heterocycles. The van der Waals surface area contributed by atoms with Crippen molar-refractivity contribution in [3.8, 4) is 5.75 Å². The Morgan fingerprint density at radius 1 is 1.14 bits per heavy atom. The summed E-state index contributed by atoms with van der Waals surface area (Å²) in [6.07, 6.45) is 1.87. The Kier molecular flexibility index (Phi) is 7.73. The second-order valence-corrected chi connectivity index (χ2v) is 7.58. The lowest BCUT2D eigenvalue weighted by Crippen LogP contribution is -2.30. The number of carbonyl (C=O) groups is 1. The lowest BCUT2D eigenvalue weighted by atomic mass is 10.1. The van der Waals surface area contributed by atoms with Crippen molar-refractivity contribution in [1.82, 2.24) is 5.32 Å². The Balaban J connectivity index is 0.000000266. The van der Waals surface area contributed by atoms with Crippen molar-refractivity contribution in [3.05, 3.63) is 54.1 Å². The number of amides is 1. The zero-order valence-electron chi connectivity index (χ0n) is 17.6. The molecule has 152 valence electrons. The average Bonchev–Trinajstić information content (AvgIpc) is 2.68. The van der Waals surface area contributed by atoms with Gasteiger partial charge in [-0.3, -0.25) is 0 Å². The maximum atomic E-state index is 10.5. The molecular weight excluding hydrogens is 352 g/mol. The molecule has 0 aliphatic carbocycles. The lowest BCUT2D eigenvalue weighted by molar-refractivity contribution is 0.0541. The van der Waals surface area contributed by atoms with Gasteiger partial charge in [0.15, 0.2) is 0 Å². The fourth-order valence-electron chi connectivity index (χ4n) is 2.95. The van der Waals surface area contributed by atoms with E-state index in [0.29, 0.717) is 0 Å². The number of hydrogen-bond donors (Lipinski definition) is 1. The molecule has 0 bridgehead atoms. The van der Waals surface area contributed by atoms with E-state index < -0.39 is 0 Å². The number of fused-ring (bicyclic) bond motifs is 1. The first-order chi connectivity index (χ1) is 13.3. The summed E-state index contributed by atoms with van der Waals surface area (Å²) in [5, 5.41) is 2.36. The fourth-order valence-corrected chi connectivity index (χ4v) is 2.95. The number of hydrogen-bond acceptors (Lipinski definition) is 4. The van der Waals surface area contributed by atoms with Crippen LogP contribution in [-0.4, -0.2) is 31.9 Å². The van der Waals surface area contributed by atoms with Crippen molar-refractivity contribution in [2.24, 2.45) is 0 Å². The molecule has 0 spiro atoms. The Bertz CT molecular complexity index is 754. The SMILES string of the molecule is CCN(c1ccccc1)c1ccc2c(c1)OCCC2.CNC(=O)OC(C)(C)C. The predicted molar refractivity (Wildman–Crippen MR) is 115 cm³/mol. The Labute approximate surface area is 168 Å². The third-order valence-electron chi connectivity index (χ3n) is 4.20. The molecule has 0 saturated heterocycles. The number of carbonyl (C=O) groups excluding carboxylic acids is 1. The summed E-state index contributed by atoms with van der Waals surface area (Å²) in [4.78, 5) is 12.8. The molecule has 0 unspecified atom stereocenters. The van der Waals surface area contributed by atoms with E-state index >= 15 is 0 Å². The first kappa shape index (κ1) is 21.6. The summed E-state index contributed by atoms with van der Waals surface area (Å²) in [6, 6.07) is 17.1. The van der Waals surface area contributed by atoms with Crippen LogP contribution in [0.15, 0.2) is 48.5 Å². The number of ether oxygens (including phenoxy) is 2. The third kappa shape index (κ3) is 6.48. The molecular formula is C23H32N2O3. The highest BCUT2D eigenvalue weighted by atomic mass is 16.6. The van der Waals surface area contributed by atoms with E-state index in [4.69, 9.17) is 9.47 Å². The van der Waals surface area contributed by atoms with Gasteiger partial charge in [0.25, 0.3) is 0 Å². The van der Waals surface area contributed by atoms with E-state index in [2.05, 4.69) is 59.6 Å². The molecule has 1 aliphatic rings. The molecule has 2 aromatic rings. The molecule has 2 aromatic carbocycles. The molecule has 1 heterocycles. The molecule has 0 atom stereocenters. The van der Waals surface area contributed by atoms with Gasteiger partial charge in [0, 0.05) is 31.0 Å². The van der Waals surface area contributed by atoms with Crippen LogP contribution < -0.4 is 15.0 Å². The molecule has 3 rings (SSSR count). The minimum Gasteiger partial charge on any atom is -0.493 e. The first-order valence-electron chi connectivity index (χ1n) is 9.83. The molecule has 0 aromatic heterocycles. The Morgan fingerprint density at radius 3 is 2.43 bits per heavy atom.